The van der Waals surface area contributed by atoms with Gasteiger partial charge >= 0.3 is 11.8 Å². The molecule has 0 saturated carbocycles. The molecule has 0 aromatic carbocycles. The van der Waals surface area contributed by atoms with Crippen molar-refractivity contribution in [1.29, 1.82) is 0 Å². The van der Waals surface area contributed by atoms with Crippen LogP contribution in [0, 0.1) is 0 Å². The molecule has 4 nitrogen and oxygen atoms in total. The van der Waals surface area contributed by atoms with Crippen LogP contribution in [0.5, 0.6) is 0 Å². The zero-order valence-electron chi connectivity index (χ0n) is 5.71. The van der Waals surface area contributed by atoms with Crippen LogP contribution in [-0.4, -0.2) is 23.2 Å². The van der Waals surface area contributed by atoms with Crippen molar-refractivity contribution in [3.63, 3.8) is 0 Å². The standard InChI is InChI=1S/C6H6N2O2/c1-3-4(2)8-6(10)5(9)7-3/h1-2H3. The number of hydrogen-bond donors (Lipinski definition) is 0. The van der Waals surface area contributed by atoms with Crippen LogP contribution in [0.2, 0.25) is 0 Å². The summed E-state index contributed by atoms with van der Waals surface area (Å²) in [6, 6.07) is 0. The molecule has 0 fully saturated rings. The first-order valence-corrected chi connectivity index (χ1v) is 2.80. The highest BCUT2D eigenvalue weighted by molar-refractivity contribution is 6.53. The molecular weight excluding hydrogens is 132 g/mol. The van der Waals surface area contributed by atoms with E-state index < -0.39 is 11.8 Å². The third-order valence-electron chi connectivity index (χ3n) is 1.25. The summed E-state index contributed by atoms with van der Waals surface area (Å²) in [5.74, 6) is -1.55. The molecule has 1 aliphatic heterocycles. The van der Waals surface area contributed by atoms with Gasteiger partial charge in [0.2, 0.25) is 0 Å². The van der Waals surface area contributed by atoms with E-state index in [1.54, 1.807) is 13.8 Å². The van der Waals surface area contributed by atoms with Gasteiger partial charge in [0, 0.05) is 0 Å². The Bertz CT molecular complexity index is 235. The smallest absolute Gasteiger partial charge is 0.261 e. The van der Waals surface area contributed by atoms with E-state index in [1.165, 1.54) is 0 Å². The van der Waals surface area contributed by atoms with Crippen LogP contribution in [0.15, 0.2) is 9.98 Å². The molecule has 0 bridgehead atoms. The fourth-order valence-corrected chi connectivity index (χ4v) is 0.562. The second-order valence-electron chi connectivity index (χ2n) is 2.00. The Morgan fingerprint density at radius 1 is 0.900 bits per heavy atom. The van der Waals surface area contributed by atoms with Crippen LogP contribution in [-0.2, 0) is 9.59 Å². The Hall–Kier alpha value is -1.32. The van der Waals surface area contributed by atoms with Gasteiger partial charge in [0.05, 0.1) is 11.4 Å². The molecular formula is C6H6N2O2. The monoisotopic (exact) mass is 138 g/mol. The average Bonchev–Trinajstić information content (AvgIpc) is 1.84. The van der Waals surface area contributed by atoms with Crippen LogP contribution in [0.3, 0.4) is 0 Å². The summed E-state index contributed by atoms with van der Waals surface area (Å²) in [5.41, 5.74) is 1.04. The van der Waals surface area contributed by atoms with Gasteiger partial charge in [-0.3, -0.25) is 9.59 Å². The normalized spacial score (nSPS) is 18.6. The van der Waals surface area contributed by atoms with Crippen LogP contribution in [0.1, 0.15) is 13.8 Å². The largest absolute Gasteiger partial charge is 0.337 e. The molecule has 52 valence electrons. The molecule has 2 amide bonds. The first-order valence-electron chi connectivity index (χ1n) is 2.80. The first-order chi connectivity index (χ1) is 4.61. The third-order valence-corrected chi connectivity index (χ3v) is 1.25. The summed E-state index contributed by atoms with van der Waals surface area (Å²) in [6.07, 6.45) is 0. The van der Waals surface area contributed by atoms with Gasteiger partial charge in [-0.1, -0.05) is 0 Å². The lowest BCUT2D eigenvalue weighted by atomic mass is 10.2. The van der Waals surface area contributed by atoms with E-state index in [9.17, 15) is 9.59 Å². The van der Waals surface area contributed by atoms with E-state index in [1.807, 2.05) is 0 Å². The lowest BCUT2D eigenvalue weighted by Crippen LogP contribution is -2.22. The van der Waals surface area contributed by atoms with E-state index in [4.69, 9.17) is 0 Å². The summed E-state index contributed by atoms with van der Waals surface area (Å²) in [6.45, 7) is 3.28. The minimum absolute atomic E-state index is 0.518. The molecule has 0 atom stereocenters. The van der Waals surface area contributed by atoms with E-state index in [2.05, 4.69) is 9.98 Å². The van der Waals surface area contributed by atoms with Gasteiger partial charge in [0.15, 0.2) is 0 Å². The molecule has 0 unspecified atom stereocenters. The Balaban J connectivity index is 3.06. The molecule has 1 aliphatic rings. The fourth-order valence-electron chi connectivity index (χ4n) is 0.562. The number of nitrogens with zero attached hydrogens (tertiary/aromatic N) is 2. The minimum atomic E-state index is -0.775. The second-order valence-corrected chi connectivity index (χ2v) is 2.00. The molecule has 0 spiro atoms. The van der Waals surface area contributed by atoms with E-state index >= 15 is 0 Å². The summed E-state index contributed by atoms with van der Waals surface area (Å²) in [4.78, 5) is 27.9. The molecule has 0 N–H and O–H groups in total. The van der Waals surface area contributed by atoms with Gasteiger partial charge in [-0.15, -0.1) is 0 Å². The number of hydrogen-bond acceptors (Lipinski definition) is 2. The lowest BCUT2D eigenvalue weighted by molar-refractivity contribution is -0.135. The molecule has 4 heteroatoms. The number of carbonyl (C=O) groups excluding carboxylic acids is 2. The summed E-state index contributed by atoms with van der Waals surface area (Å²) >= 11 is 0. The van der Waals surface area contributed by atoms with Crippen molar-refractivity contribution in [2.24, 2.45) is 9.98 Å². The summed E-state index contributed by atoms with van der Waals surface area (Å²) in [7, 11) is 0. The minimum Gasteiger partial charge on any atom is -0.261 e. The van der Waals surface area contributed by atoms with Crippen LogP contribution in [0.4, 0.5) is 0 Å². The van der Waals surface area contributed by atoms with E-state index in [-0.39, 0.29) is 0 Å². The molecule has 1 rings (SSSR count). The van der Waals surface area contributed by atoms with E-state index in [0.717, 1.165) is 0 Å². The topological polar surface area (TPSA) is 58.9 Å². The van der Waals surface area contributed by atoms with Gasteiger partial charge in [0.25, 0.3) is 0 Å². The number of amides is 2. The van der Waals surface area contributed by atoms with Gasteiger partial charge in [-0.05, 0) is 13.8 Å². The molecule has 10 heavy (non-hydrogen) atoms. The van der Waals surface area contributed by atoms with Crippen molar-refractivity contribution < 1.29 is 9.59 Å². The maximum absolute atomic E-state index is 10.5. The number of rotatable bonds is 0. The Labute approximate surface area is 57.7 Å². The summed E-state index contributed by atoms with van der Waals surface area (Å²) < 4.78 is 0. The maximum Gasteiger partial charge on any atom is 0.337 e. The van der Waals surface area contributed by atoms with Crippen LogP contribution < -0.4 is 0 Å². The first kappa shape index (κ1) is 6.80. The maximum atomic E-state index is 10.5. The van der Waals surface area contributed by atoms with Gasteiger partial charge in [-0.25, -0.2) is 9.98 Å². The van der Waals surface area contributed by atoms with Crippen molar-refractivity contribution in [1.82, 2.24) is 0 Å². The van der Waals surface area contributed by atoms with Crippen molar-refractivity contribution in [2.75, 3.05) is 0 Å². The number of carbonyl (C=O) groups is 2. The molecule has 0 radical (unpaired) electrons. The average molecular weight is 138 g/mol. The Kier molecular flexibility index (Phi) is 1.45. The summed E-state index contributed by atoms with van der Waals surface area (Å²) in [5, 5.41) is 0. The van der Waals surface area contributed by atoms with Gasteiger partial charge in [0.1, 0.15) is 0 Å². The van der Waals surface area contributed by atoms with Crippen molar-refractivity contribution in [3.05, 3.63) is 0 Å². The SMILES string of the molecule is CC1=NC(=O)C(=O)N=C1C. The van der Waals surface area contributed by atoms with Crippen molar-refractivity contribution >= 4 is 23.2 Å². The highest BCUT2D eigenvalue weighted by Crippen LogP contribution is 1.95. The van der Waals surface area contributed by atoms with Crippen molar-refractivity contribution in [2.45, 2.75) is 13.8 Å². The molecule has 0 aromatic rings. The Morgan fingerprint density at radius 3 is 1.50 bits per heavy atom. The highest BCUT2D eigenvalue weighted by atomic mass is 16.2. The van der Waals surface area contributed by atoms with Gasteiger partial charge in [-0.2, -0.15) is 0 Å². The van der Waals surface area contributed by atoms with Gasteiger partial charge < -0.3 is 0 Å². The van der Waals surface area contributed by atoms with E-state index in [0.29, 0.717) is 11.4 Å². The lowest BCUT2D eigenvalue weighted by Gasteiger charge is -2.01. The third kappa shape index (κ3) is 1.00. The Morgan fingerprint density at radius 2 is 1.20 bits per heavy atom. The highest BCUT2D eigenvalue weighted by Gasteiger charge is 2.17. The quantitative estimate of drug-likeness (QED) is 0.441. The predicted molar refractivity (Wildman–Crippen MR) is 36.2 cm³/mol. The molecule has 0 saturated heterocycles. The molecule has 0 aliphatic carbocycles. The number of aliphatic imine (C=N–C) groups is 2. The molecule has 1 heterocycles. The van der Waals surface area contributed by atoms with Crippen molar-refractivity contribution in [3.8, 4) is 0 Å². The zero-order valence-corrected chi connectivity index (χ0v) is 5.71. The molecule has 0 aromatic heterocycles. The second kappa shape index (κ2) is 2.13. The fraction of sp³-hybridized carbons (Fsp3) is 0.333. The van der Waals surface area contributed by atoms with Crippen LogP contribution >= 0.6 is 0 Å². The predicted octanol–water partition coefficient (Wildman–Crippen LogP) is -0.0250. The van der Waals surface area contributed by atoms with Crippen LogP contribution in [0.25, 0.3) is 0 Å². The zero-order chi connectivity index (χ0) is 7.72.